The first-order valence-corrected chi connectivity index (χ1v) is 8.80. The standard InChI is InChI=1S/C17H30O4/c1-3-4-5-6-7-9-14(17-16(2,20-17)21-17)10-8-11-18-12-15-13-19-15/h14-15H,3-13H2,1-2H3. The highest BCUT2D eigenvalue weighted by atomic mass is 17.0. The molecular formula is C17H30O4. The van der Waals surface area contributed by atoms with E-state index in [9.17, 15) is 0 Å². The van der Waals surface area contributed by atoms with Crippen molar-refractivity contribution >= 4 is 0 Å². The van der Waals surface area contributed by atoms with Gasteiger partial charge in [-0.3, -0.25) is 0 Å². The van der Waals surface area contributed by atoms with Crippen LogP contribution in [0.4, 0.5) is 0 Å². The van der Waals surface area contributed by atoms with Crippen LogP contribution in [-0.4, -0.2) is 37.5 Å². The third-order valence-corrected chi connectivity index (χ3v) is 4.98. The first-order chi connectivity index (χ1) is 10.2. The molecule has 0 N–H and O–H groups in total. The van der Waals surface area contributed by atoms with E-state index in [0.717, 1.165) is 32.7 Å². The molecule has 0 saturated carbocycles. The second-order valence-corrected chi connectivity index (χ2v) is 6.89. The van der Waals surface area contributed by atoms with E-state index in [0.29, 0.717) is 12.0 Å². The van der Waals surface area contributed by atoms with Crippen LogP contribution in [0.15, 0.2) is 0 Å². The molecule has 0 aromatic carbocycles. The molecule has 3 heterocycles. The Kier molecular flexibility index (Phi) is 4.89. The van der Waals surface area contributed by atoms with Crippen molar-refractivity contribution in [1.82, 2.24) is 0 Å². The van der Waals surface area contributed by atoms with Gasteiger partial charge in [0.2, 0.25) is 11.6 Å². The van der Waals surface area contributed by atoms with E-state index >= 15 is 0 Å². The number of fused-ring (bicyclic) bond motifs is 1. The summed E-state index contributed by atoms with van der Waals surface area (Å²) < 4.78 is 22.3. The summed E-state index contributed by atoms with van der Waals surface area (Å²) in [7, 11) is 0. The first-order valence-electron chi connectivity index (χ1n) is 8.80. The van der Waals surface area contributed by atoms with Gasteiger partial charge in [-0.05, 0) is 26.2 Å². The molecule has 0 aromatic rings. The van der Waals surface area contributed by atoms with Gasteiger partial charge in [0.15, 0.2) is 0 Å². The molecule has 3 rings (SSSR count). The number of unbranched alkanes of at least 4 members (excludes halogenated alkanes) is 4. The molecule has 0 aromatic heterocycles. The van der Waals surface area contributed by atoms with E-state index in [2.05, 4.69) is 13.8 Å². The van der Waals surface area contributed by atoms with Crippen molar-refractivity contribution in [2.45, 2.75) is 82.9 Å². The van der Waals surface area contributed by atoms with Crippen molar-refractivity contribution in [2.24, 2.45) is 5.92 Å². The number of ether oxygens (including phenoxy) is 4. The molecule has 3 saturated heterocycles. The maximum atomic E-state index is 5.74. The molecule has 2 unspecified atom stereocenters. The maximum absolute atomic E-state index is 5.74. The van der Waals surface area contributed by atoms with Crippen molar-refractivity contribution in [1.29, 1.82) is 0 Å². The summed E-state index contributed by atoms with van der Waals surface area (Å²) in [4.78, 5) is 0. The Hall–Kier alpha value is -0.160. The van der Waals surface area contributed by atoms with E-state index in [1.54, 1.807) is 0 Å². The van der Waals surface area contributed by atoms with Crippen molar-refractivity contribution in [3.63, 3.8) is 0 Å². The van der Waals surface area contributed by atoms with Crippen LogP contribution in [-0.2, 0) is 18.9 Å². The molecule has 3 aliphatic rings. The zero-order valence-corrected chi connectivity index (χ0v) is 13.6. The Morgan fingerprint density at radius 1 is 1.10 bits per heavy atom. The van der Waals surface area contributed by atoms with Gasteiger partial charge in [0.25, 0.3) is 0 Å². The molecule has 0 aliphatic carbocycles. The molecule has 21 heavy (non-hydrogen) atoms. The Bertz CT molecular complexity index is 334. The lowest BCUT2D eigenvalue weighted by atomic mass is 9.91. The minimum atomic E-state index is -0.232. The van der Waals surface area contributed by atoms with E-state index < -0.39 is 0 Å². The summed E-state index contributed by atoms with van der Waals surface area (Å²) in [5, 5.41) is 0. The third kappa shape index (κ3) is 3.79. The summed E-state index contributed by atoms with van der Waals surface area (Å²) in [6.45, 7) is 6.80. The predicted molar refractivity (Wildman–Crippen MR) is 80.0 cm³/mol. The number of rotatable bonds is 13. The topological polar surface area (TPSA) is 46.8 Å². The van der Waals surface area contributed by atoms with Gasteiger partial charge in [0.1, 0.15) is 6.10 Å². The molecule has 0 bridgehead atoms. The van der Waals surface area contributed by atoms with Crippen LogP contribution in [0, 0.1) is 5.92 Å². The fraction of sp³-hybridized carbons (Fsp3) is 1.00. The van der Waals surface area contributed by atoms with Crippen LogP contribution in [0.25, 0.3) is 0 Å². The molecule has 0 spiro atoms. The van der Waals surface area contributed by atoms with E-state index in [-0.39, 0.29) is 11.6 Å². The van der Waals surface area contributed by atoms with Crippen LogP contribution in [0.2, 0.25) is 0 Å². The Balaban J connectivity index is 1.30. The second-order valence-electron chi connectivity index (χ2n) is 6.89. The Morgan fingerprint density at radius 2 is 1.76 bits per heavy atom. The summed E-state index contributed by atoms with van der Waals surface area (Å²) in [6, 6.07) is 0. The molecule has 3 aliphatic heterocycles. The summed E-state index contributed by atoms with van der Waals surface area (Å²) in [5.74, 6) is 0.103. The Morgan fingerprint density at radius 3 is 2.38 bits per heavy atom. The summed E-state index contributed by atoms with van der Waals surface area (Å²) in [5.41, 5.74) is 0. The summed E-state index contributed by atoms with van der Waals surface area (Å²) >= 11 is 0. The van der Waals surface area contributed by atoms with Gasteiger partial charge in [0.05, 0.1) is 13.2 Å². The van der Waals surface area contributed by atoms with E-state index in [4.69, 9.17) is 18.9 Å². The zero-order valence-electron chi connectivity index (χ0n) is 13.6. The average Bonchev–Trinajstić information content (AvgIpc) is 3.34. The predicted octanol–water partition coefficient (Wildman–Crippen LogP) is 3.63. The first kappa shape index (κ1) is 15.7. The fourth-order valence-electron chi connectivity index (χ4n) is 3.40. The molecule has 122 valence electrons. The lowest BCUT2D eigenvalue weighted by molar-refractivity contribution is -0.114. The molecule has 4 nitrogen and oxygen atoms in total. The molecule has 0 amide bonds. The quantitative estimate of drug-likeness (QED) is 0.385. The van der Waals surface area contributed by atoms with Gasteiger partial charge in [-0.15, -0.1) is 0 Å². The minimum Gasteiger partial charge on any atom is -0.379 e. The minimum absolute atomic E-state index is 0.211. The van der Waals surface area contributed by atoms with E-state index in [1.807, 2.05) is 0 Å². The highest BCUT2D eigenvalue weighted by molar-refractivity contribution is 5.18. The normalized spacial score (nSPS) is 37.1. The van der Waals surface area contributed by atoms with Gasteiger partial charge >= 0.3 is 0 Å². The monoisotopic (exact) mass is 298 g/mol. The number of hydrogen-bond acceptors (Lipinski definition) is 4. The second kappa shape index (κ2) is 6.53. The van der Waals surface area contributed by atoms with Crippen LogP contribution in [0.3, 0.4) is 0 Å². The fourth-order valence-corrected chi connectivity index (χ4v) is 3.40. The SMILES string of the molecule is CCCCCCCC(CCCOCC1CO1)C12OC1(C)O2. The van der Waals surface area contributed by atoms with Crippen molar-refractivity contribution in [3.8, 4) is 0 Å². The van der Waals surface area contributed by atoms with Crippen LogP contribution in [0.1, 0.15) is 65.2 Å². The van der Waals surface area contributed by atoms with Gasteiger partial charge < -0.3 is 18.9 Å². The van der Waals surface area contributed by atoms with Gasteiger partial charge in [0, 0.05) is 12.5 Å². The van der Waals surface area contributed by atoms with E-state index in [1.165, 1.54) is 38.5 Å². The van der Waals surface area contributed by atoms with Gasteiger partial charge in [-0.2, -0.15) is 0 Å². The zero-order chi connectivity index (χ0) is 14.8. The lowest BCUT2D eigenvalue weighted by Crippen LogP contribution is -2.17. The van der Waals surface area contributed by atoms with Crippen molar-refractivity contribution in [2.75, 3.05) is 19.8 Å². The highest BCUT2D eigenvalue weighted by Crippen LogP contribution is 2.72. The average molecular weight is 298 g/mol. The van der Waals surface area contributed by atoms with Crippen LogP contribution in [0.5, 0.6) is 0 Å². The largest absolute Gasteiger partial charge is 0.379 e. The smallest absolute Gasteiger partial charge is 0.231 e. The number of hydrogen-bond donors (Lipinski definition) is 0. The summed E-state index contributed by atoms with van der Waals surface area (Å²) in [6.07, 6.45) is 10.5. The van der Waals surface area contributed by atoms with Crippen molar-refractivity contribution < 1.29 is 18.9 Å². The maximum Gasteiger partial charge on any atom is 0.231 e. The molecule has 3 fully saturated rings. The lowest BCUT2D eigenvalue weighted by Gasteiger charge is -2.16. The van der Waals surface area contributed by atoms with Crippen molar-refractivity contribution in [3.05, 3.63) is 0 Å². The van der Waals surface area contributed by atoms with Gasteiger partial charge in [-0.1, -0.05) is 39.0 Å². The van der Waals surface area contributed by atoms with Crippen LogP contribution >= 0.6 is 0 Å². The Labute approximate surface area is 128 Å². The molecule has 2 atom stereocenters. The highest BCUT2D eigenvalue weighted by Gasteiger charge is 2.90. The molecular weight excluding hydrogens is 268 g/mol. The molecule has 4 heteroatoms. The third-order valence-electron chi connectivity index (χ3n) is 4.98. The van der Waals surface area contributed by atoms with Crippen LogP contribution < -0.4 is 0 Å². The number of epoxide rings is 3. The van der Waals surface area contributed by atoms with Gasteiger partial charge in [-0.25, -0.2) is 0 Å². The molecule has 0 radical (unpaired) electrons.